The summed E-state index contributed by atoms with van der Waals surface area (Å²) in [5, 5.41) is 23.5. The Morgan fingerprint density at radius 3 is 2.70 bits per heavy atom. The lowest BCUT2D eigenvalue weighted by atomic mass is 10.0. The van der Waals surface area contributed by atoms with Gasteiger partial charge in [-0.25, -0.2) is 4.98 Å². The van der Waals surface area contributed by atoms with E-state index in [1.54, 1.807) is 6.07 Å². The summed E-state index contributed by atoms with van der Waals surface area (Å²) in [5.41, 5.74) is 1.74. The van der Waals surface area contributed by atoms with Crippen molar-refractivity contribution in [2.24, 2.45) is 0 Å². The molecule has 1 atom stereocenters. The zero-order chi connectivity index (χ0) is 14.8. The molecule has 1 heterocycles. The minimum absolute atomic E-state index is 0.0587. The standard InChI is InChI=1S/C16H19N3O/c1-16(2,3)18-10-14(20)13-6-4-5-11-7-8-12(9-17)19-15(11)13/h4-8,14,18,20H,10H2,1-3H3/t14-/m1/s1. The van der Waals surface area contributed by atoms with Crippen molar-refractivity contribution in [2.75, 3.05) is 6.54 Å². The summed E-state index contributed by atoms with van der Waals surface area (Å²) in [4.78, 5) is 4.31. The number of hydrogen-bond donors (Lipinski definition) is 2. The molecule has 0 aliphatic rings. The number of nitrogens with zero attached hydrogens (tertiary/aromatic N) is 2. The van der Waals surface area contributed by atoms with Crippen molar-refractivity contribution in [3.05, 3.63) is 41.6 Å². The summed E-state index contributed by atoms with van der Waals surface area (Å²) in [6.07, 6.45) is -0.653. The van der Waals surface area contributed by atoms with Crippen molar-refractivity contribution in [1.29, 1.82) is 5.26 Å². The molecule has 2 aromatic rings. The molecule has 0 fully saturated rings. The van der Waals surface area contributed by atoms with Gasteiger partial charge < -0.3 is 10.4 Å². The number of β-amino-alcohol motifs (C(OH)–C–C–N with tert-alkyl or cyclic N) is 1. The van der Waals surface area contributed by atoms with E-state index in [-0.39, 0.29) is 5.54 Å². The van der Waals surface area contributed by atoms with Gasteiger partial charge in [0, 0.05) is 23.0 Å². The third kappa shape index (κ3) is 3.32. The Morgan fingerprint density at radius 2 is 2.05 bits per heavy atom. The molecule has 2 N–H and O–H groups in total. The average molecular weight is 269 g/mol. The van der Waals surface area contributed by atoms with Crippen molar-refractivity contribution in [1.82, 2.24) is 10.3 Å². The Labute approximate surface area is 119 Å². The highest BCUT2D eigenvalue weighted by Crippen LogP contribution is 2.23. The normalized spacial score (nSPS) is 13.2. The summed E-state index contributed by atoms with van der Waals surface area (Å²) >= 11 is 0. The first-order valence-corrected chi connectivity index (χ1v) is 6.63. The van der Waals surface area contributed by atoms with Gasteiger partial charge in [-0.3, -0.25) is 0 Å². The van der Waals surface area contributed by atoms with Crippen molar-refractivity contribution in [3.63, 3.8) is 0 Å². The van der Waals surface area contributed by atoms with E-state index in [9.17, 15) is 5.11 Å². The molecule has 0 saturated heterocycles. The zero-order valence-electron chi connectivity index (χ0n) is 12.0. The lowest BCUT2D eigenvalue weighted by molar-refractivity contribution is 0.164. The van der Waals surface area contributed by atoms with Gasteiger partial charge in [0.05, 0.1) is 11.6 Å². The molecule has 1 aromatic carbocycles. The largest absolute Gasteiger partial charge is 0.387 e. The zero-order valence-corrected chi connectivity index (χ0v) is 12.0. The minimum Gasteiger partial charge on any atom is -0.387 e. The minimum atomic E-state index is -0.653. The number of nitriles is 1. The second kappa shape index (κ2) is 5.58. The Kier molecular flexibility index (Phi) is 4.03. The lowest BCUT2D eigenvalue weighted by Crippen LogP contribution is -2.38. The molecule has 0 radical (unpaired) electrons. The van der Waals surface area contributed by atoms with Crippen LogP contribution in [0, 0.1) is 11.3 Å². The maximum absolute atomic E-state index is 10.4. The smallest absolute Gasteiger partial charge is 0.141 e. The molecule has 20 heavy (non-hydrogen) atoms. The van der Waals surface area contributed by atoms with Crippen LogP contribution in [0.25, 0.3) is 10.9 Å². The first kappa shape index (κ1) is 14.4. The molecule has 104 valence electrons. The number of hydrogen-bond acceptors (Lipinski definition) is 4. The second-order valence-corrected chi connectivity index (χ2v) is 5.87. The fraction of sp³-hybridized carbons (Fsp3) is 0.375. The summed E-state index contributed by atoms with van der Waals surface area (Å²) in [5.74, 6) is 0. The summed E-state index contributed by atoms with van der Waals surface area (Å²) < 4.78 is 0. The molecule has 1 aromatic heterocycles. The number of rotatable bonds is 3. The van der Waals surface area contributed by atoms with Gasteiger partial charge in [0.2, 0.25) is 0 Å². The van der Waals surface area contributed by atoms with Crippen LogP contribution < -0.4 is 5.32 Å². The molecule has 0 aliphatic heterocycles. The molecule has 0 spiro atoms. The van der Waals surface area contributed by atoms with Gasteiger partial charge in [-0.1, -0.05) is 18.2 Å². The first-order valence-electron chi connectivity index (χ1n) is 6.63. The van der Waals surface area contributed by atoms with Crippen LogP contribution in [0.2, 0.25) is 0 Å². The third-order valence-electron chi connectivity index (χ3n) is 3.05. The highest BCUT2D eigenvalue weighted by molar-refractivity contribution is 5.82. The molecular weight excluding hydrogens is 250 g/mol. The van der Waals surface area contributed by atoms with Gasteiger partial charge in [-0.05, 0) is 32.9 Å². The fourth-order valence-corrected chi connectivity index (χ4v) is 2.01. The van der Waals surface area contributed by atoms with Gasteiger partial charge >= 0.3 is 0 Å². The van der Waals surface area contributed by atoms with Crippen molar-refractivity contribution >= 4 is 10.9 Å². The molecule has 0 aliphatic carbocycles. The second-order valence-electron chi connectivity index (χ2n) is 5.87. The fourth-order valence-electron chi connectivity index (χ4n) is 2.01. The van der Waals surface area contributed by atoms with E-state index in [2.05, 4.69) is 31.1 Å². The first-order chi connectivity index (χ1) is 9.40. The predicted molar refractivity (Wildman–Crippen MR) is 79.2 cm³/mol. The summed E-state index contributed by atoms with van der Waals surface area (Å²) in [6, 6.07) is 11.2. The van der Waals surface area contributed by atoms with Crippen LogP contribution in [-0.2, 0) is 0 Å². The number of pyridine rings is 1. The van der Waals surface area contributed by atoms with Gasteiger partial charge in [-0.2, -0.15) is 5.26 Å². The number of aliphatic hydroxyl groups excluding tert-OH is 1. The van der Waals surface area contributed by atoms with E-state index in [0.717, 1.165) is 10.9 Å². The monoisotopic (exact) mass is 269 g/mol. The van der Waals surface area contributed by atoms with Crippen LogP contribution in [0.4, 0.5) is 0 Å². The molecule has 4 nitrogen and oxygen atoms in total. The van der Waals surface area contributed by atoms with E-state index in [1.807, 2.05) is 30.3 Å². The van der Waals surface area contributed by atoms with E-state index in [1.165, 1.54) is 0 Å². The Bertz CT molecular complexity index is 653. The number of aliphatic hydroxyl groups is 1. The van der Waals surface area contributed by atoms with E-state index < -0.39 is 6.10 Å². The van der Waals surface area contributed by atoms with Gasteiger partial charge in [-0.15, -0.1) is 0 Å². The van der Waals surface area contributed by atoms with Crippen LogP contribution in [0.15, 0.2) is 30.3 Å². The molecule has 0 unspecified atom stereocenters. The van der Waals surface area contributed by atoms with Gasteiger partial charge in [0.1, 0.15) is 11.8 Å². The Morgan fingerprint density at radius 1 is 1.30 bits per heavy atom. The van der Waals surface area contributed by atoms with Crippen LogP contribution >= 0.6 is 0 Å². The van der Waals surface area contributed by atoms with Crippen LogP contribution in [0.5, 0.6) is 0 Å². The number of aromatic nitrogens is 1. The molecule has 4 heteroatoms. The van der Waals surface area contributed by atoms with Crippen molar-refractivity contribution < 1.29 is 5.11 Å². The van der Waals surface area contributed by atoms with Gasteiger partial charge in [0.15, 0.2) is 0 Å². The highest BCUT2D eigenvalue weighted by Gasteiger charge is 2.16. The maximum Gasteiger partial charge on any atom is 0.141 e. The van der Waals surface area contributed by atoms with Crippen LogP contribution in [-0.4, -0.2) is 22.2 Å². The van der Waals surface area contributed by atoms with Gasteiger partial charge in [0.25, 0.3) is 0 Å². The molecule has 0 saturated carbocycles. The Balaban J connectivity index is 2.36. The Hall–Kier alpha value is -1.96. The highest BCUT2D eigenvalue weighted by atomic mass is 16.3. The van der Waals surface area contributed by atoms with Crippen LogP contribution in [0.1, 0.15) is 38.1 Å². The number of fused-ring (bicyclic) bond motifs is 1. The summed E-state index contributed by atoms with van der Waals surface area (Å²) in [6.45, 7) is 6.60. The predicted octanol–water partition coefficient (Wildman–Crippen LogP) is 2.53. The molecule has 0 amide bonds. The molecular formula is C16H19N3O. The van der Waals surface area contributed by atoms with Crippen molar-refractivity contribution in [3.8, 4) is 6.07 Å². The molecule has 2 rings (SSSR count). The third-order valence-corrected chi connectivity index (χ3v) is 3.05. The number of nitrogens with one attached hydrogen (secondary N) is 1. The topological polar surface area (TPSA) is 68.9 Å². The SMILES string of the molecule is CC(C)(C)NC[C@@H](O)c1cccc2ccc(C#N)nc12. The number of para-hydroxylation sites is 1. The summed E-state index contributed by atoms with van der Waals surface area (Å²) in [7, 11) is 0. The van der Waals surface area contributed by atoms with Crippen molar-refractivity contribution in [2.45, 2.75) is 32.4 Å². The van der Waals surface area contributed by atoms with E-state index in [4.69, 9.17) is 5.26 Å². The lowest BCUT2D eigenvalue weighted by Gasteiger charge is -2.23. The molecule has 0 bridgehead atoms. The van der Waals surface area contributed by atoms with E-state index in [0.29, 0.717) is 17.8 Å². The average Bonchev–Trinajstić information content (AvgIpc) is 2.42. The van der Waals surface area contributed by atoms with Crippen LogP contribution in [0.3, 0.4) is 0 Å². The quantitative estimate of drug-likeness (QED) is 0.898. The van der Waals surface area contributed by atoms with E-state index >= 15 is 0 Å². The maximum atomic E-state index is 10.4. The number of benzene rings is 1.